The highest BCUT2D eigenvalue weighted by Crippen LogP contribution is 2.35. The zero-order valence-corrected chi connectivity index (χ0v) is 18.0. The molecule has 2 N–H and O–H groups in total. The largest absolute Gasteiger partial charge is 0.381 e. The maximum atomic E-state index is 14.8. The molecule has 1 aliphatic carbocycles. The first-order valence-electron chi connectivity index (χ1n) is 11.4. The van der Waals surface area contributed by atoms with Crippen molar-refractivity contribution in [2.24, 2.45) is 11.8 Å². The summed E-state index contributed by atoms with van der Waals surface area (Å²) < 4.78 is 22.1. The second kappa shape index (κ2) is 9.00. The number of fused-ring (bicyclic) bond motifs is 2. The number of nitrogens with zero attached hydrogens (tertiary/aromatic N) is 3. The topological polar surface area (TPSA) is 92.0 Å². The fourth-order valence-corrected chi connectivity index (χ4v) is 5.26. The molecule has 1 unspecified atom stereocenters. The predicted molar refractivity (Wildman–Crippen MR) is 116 cm³/mol. The van der Waals surface area contributed by atoms with Crippen LogP contribution in [-0.2, 0) is 22.5 Å². The van der Waals surface area contributed by atoms with E-state index in [0.717, 1.165) is 56.6 Å². The third-order valence-corrected chi connectivity index (χ3v) is 7.03. The van der Waals surface area contributed by atoms with Crippen LogP contribution in [0.15, 0.2) is 30.6 Å². The van der Waals surface area contributed by atoms with Crippen LogP contribution in [0.3, 0.4) is 0 Å². The molecule has 2 aliphatic heterocycles. The van der Waals surface area contributed by atoms with Gasteiger partial charge in [0.15, 0.2) is 0 Å². The third-order valence-electron chi connectivity index (χ3n) is 7.03. The molecule has 5 rings (SSSR count). The molecule has 0 spiro atoms. The SMILES string of the molecule is N#C[C@H](Cc1ccc(-c2cnn(CC3CCOC3)c2)cc1F)NC(=O)[C@H]1N[C@H]2CC[C@H]1C2. The molecule has 5 atom stereocenters. The number of nitriles is 1. The van der Waals surface area contributed by atoms with Gasteiger partial charge in [-0.05, 0) is 48.8 Å². The maximum Gasteiger partial charge on any atom is 0.238 e. The summed E-state index contributed by atoms with van der Waals surface area (Å²) >= 11 is 0. The van der Waals surface area contributed by atoms with Gasteiger partial charge in [-0.2, -0.15) is 10.4 Å². The smallest absolute Gasteiger partial charge is 0.238 e. The number of rotatable bonds is 7. The lowest BCUT2D eigenvalue weighted by Crippen LogP contribution is -2.50. The van der Waals surface area contributed by atoms with E-state index in [0.29, 0.717) is 23.4 Å². The molecule has 0 radical (unpaired) electrons. The summed E-state index contributed by atoms with van der Waals surface area (Å²) in [6.45, 7) is 2.35. The van der Waals surface area contributed by atoms with Gasteiger partial charge in [0.25, 0.3) is 0 Å². The minimum absolute atomic E-state index is 0.135. The summed E-state index contributed by atoms with van der Waals surface area (Å²) in [5, 5.41) is 20.1. The normalized spacial score (nSPS) is 27.4. The highest BCUT2D eigenvalue weighted by Gasteiger charge is 2.43. The first-order valence-corrected chi connectivity index (χ1v) is 11.4. The number of amides is 1. The van der Waals surface area contributed by atoms with Gasteiger partial charge in [-0.1, -0.05) is 12.1 Å². The number of hydrogen-bond acceptors (Lipinski definition) is 5. The van der Waals surface area contributed by atoms with E-state index in [9.17, 15) is 14.4 Å². The van der Waals surface area contributed by atoms with Crippen LogP contribution >= 0.6 is 0 Å². The van der Waals surface area contributed by atoms with Crippen molar-refractivity contribution in [3.05, 3.63) is 42.0 Å². The monoisotopic (exact) mass is 437 g/mol. The van der Waals surface area contributed by atoms with Crippen LogP contribution in [0.25, 0.3) is 11.1 Å². The Bertz CT molecular complexity index is 1030. The van der Waals surface area contributed by atoms with Crippen LogP contribution < -0.4 is 10.6 Å². The summed E-state index contributed by atoms with van der Waals surface area (Å²) in [6.07, 6.45) is 8.02. The number of carbonyl (C=O) groups is 1. The van der Waals surface area contributed by atoms with E-state index >= 15 is 0 Å². The Labute approximate surface area is 186 Å². The molecule has 1 aromatic heterocycles. The fraction of sp³-hybridized carbons (Fsp3) is 0.542. The zero-order chi connectivity index (χ0) is 22.1. The highest BCUT2D eigenvalue weighted by molar-refractivity contribution is 5.83. The quantitative estimate of drug-likeness (QED) is 0.694. The molecule has 1 aromatic carbocycles. The van der Waals surface area contributed by atoms with E-state index in [1.165, 1.54) is 6.07 Å². The molecule has 7 nitrogen and oxygen atoms in total. The Morgan fingerprint density at radius 1 is 1.38 bits per heavy atom. The number of hydrogen-bond donors (Lipinski definition) is 2. The molecular formula is C24H28FN5O2. The van der Waals surface area contributed by atoms with Gasteiger partial charge in [0.1, 0.15) is 11.9 Å². The second-order valence-corrected chi connectivity index (χ2v) is 9.30. The standard InChI is InChI=1S/C24H28FN5O2/c25-22-9-16(19-11-27-30(13-19)12-15-5-6-32-14-15)1-2-17(22)7-21(10-26)29-24(31)23-18-3-4-20(8-18)28-23/h1-2,9,11,13,15,18,20-21,23,28H,3-8,12,14H2,(H,29,31)/t15?,18-,20-,21-,23-/m0/s1. The van der Waals surface area contributed by atoms with Gasteiger partial charge in [-0.3, -0.25) is 9.48 Å². The van der Waals surface area contributed by atoms with Gasteiger partial charge >= 0.3 is 0 Å². The minimum atomic E-state index is -0.764. The van der Waals surface area contributed by atoms with Gasteiger partial charge < -0.3 is 15.4 Å². The molecule has 2 saturated heterocycles. The van der Waals surface area contributed by atoms with Crippen molar-refractivity contribution in [3.8, 4) is 17.2 Å². The summed E-state index contributed by atoms with van der Waals surface area (Å²) in [6, 6.07) is 6.54. The van der Waals surface area contributed by atoms with Crippen LogP contribution in [0, 0.1) is 29.0 Å². The van der Waals surface area contributed by atoms with E-state index in [1.807, 2.05) is 16.9 Å². The first kappa shape index (κ1) is 21.1. The van der Waals surface area contributed by atoms with Gasteiger partial charge in [0.05, 0.1) is 24.9 Å². The lowest BCUT2D eigenvalue weighted by Gasteiger charge is -2.23. The number of aromatic nitrogens is 2. The van der Waals surface area contributed by atoms with E-state index < -0.39 is 6.04 Å². The number of halogens is 1. The second-order valence-electron chi connectivity index (χ2n) is 9.30. The Balaban J connectivity index is 1.21. The number of benzene rings is 1. The Morgan fingerprint density at radius 3 is 2.97 bits per heavy atom. The van der Waals surface area contributed by atoms with Gasteiger partial charge in [0.2, 0.25) is 5.91 Å². The molecule has 3 aliphatic rings. The number of nitrogens with one attached hydrogen (secondary N) is 2. The minimum Gasteiger partial charge on any atom is -0.381 e. The summed E-state index contributed by atoms with van der Waals surface area (Å²) in [5.41, 5.74) is 2.00. The number of ether oxygens (including phenoxy) is 1. The van der Waals surface area contributed by atoms with Gasteiger partial charge in [-0.15, -0.1) is 0 Å². The van der Waals surface area contributed by atoms with E-state index in [1.54, 1.807) is 12.3 Å². The average molecular weight is 438 g/mol. The number of carbonyl (C=O) groups excluding carboxylic acids is 1. The predicted octanol–water partition coefficient (Wildman–Crippen LogP) is 2.42. The van der Waals surface area contributed by atoms with Crippen molar-refractivity contribution < 1.29 is 13.9 Å². The molecular weight excluding hydrogens is 409 g/mol. The Hall–Kier alpha value is -2.76. The lowest BCUT2D eigenvalue weighted by molar-refractivity contribution is -0.124. The number of piperidine rings is 1. The lowest BCUT2D eigenvalue weighted by atomic mass is 9.98. The summed E-state index contributed by atoms with van der Waals surface area (Å²) in [4.78, 5) is 12.6. The van der Waals surface area contributed by atoms with Crippen molar-refractivity contribution in [3.63, 3.8) is 0 Å². The summed E-state index contributed by atoms with van der Waals surface area (Å²) in [7, 11) is 0. The molecule has 8 heteroatoms. The van der Waals surface area contributed by atoms with Gasteiger partial charge in [0, 0.05) is 43.3 Å². The van der Waals surface area contributed by atoms with Crippen LogP contribution in [-0.4, -0.2) is 47.0 Å². The Morgan fingerprint density at radius 2 is 2.28 bits per heavy atom. The van der Waals surface area contributed by atoms with Crippen LogP contribution in [0.4, 0.5) is 4.39 Å². The Kier molecular flexibility index (Phi) is 5.94. The fourth-order valence-electron chi connectivity index (χ4n) is 5.26. The molecule has 1 amide bonds. The molecule has 2 aromatic rings. The average Bonchev–Trinajstić information content (AvgIpc) is 3.60. The summed E-state index contributed by atoms with van der Waals surface area (Å²) in [5.74, 6) is 0.278. The van der Waals surface area contributed by atoms with E-state index in [2.05, 4.69) is 21.8 Å². The van der Waals surface area contributed by atoms with E-state index in [-0.39, 0.29) is 24.2 Å². The molecule has 168 valence electrons. The van der Waals surface area contributed by atoms with Crippen molar-refractivity contribution in [2.75, 3.05) is 13.2 Å². The van der Waals surface area contributed by atoms with Crippen molar-refractivity contribution in [2.45, 2.75) is 56.8 Å². The maximum absolute atomic E-state index is 14.8. The highest BCUT2D eigenvalue weighted by atomic mass is 19.1. The molecule has 3 fully saturated rings. The molecule has 2 bridgehead atoms. The van der Waals surface area contributed by atoms with Crippen LogP contribution in [0.2, 0.25) is 0 Å². The van der Waals surface area contributed by atoms with Crippen LogP contribution in [0.1, 0.15) is 31.2 Å². The zero-order valence-electron chi connectivity index (χ0n) is 18.0. The third kappa shape index (κ3) is 4.41. The van der Waals surface area contributed by atoms with E-state index in [4.69, 9.17) is 4.74 Å². The molecule has 1 saturated carbocycles. The van der Waals surface area contributed by atoms with Crippen molar-refractivity contribution in [1.29, 1.82) is 5.26 Å². The van der Waals surface area contributed by atoms with Gasteiger partial charge in [-0.25, -0.2) is 4.39 Å². The van der Waals surface area contributed by atoms with Crippen LogP contribution in [0.5, 0.6) is 0 Å². The van der Waals surface area contributed by atoms with Crippen molar-refractivity contribution in [1.82, 2.24) is 20.4 Å². The molecule has 32 heavy (non-hydrogen) atoms. The van der Waals surface area contributed by atoms with Crippen molar-refractivity contribution >= 4 is 5.91 Å². The molecule has 3 heterocycles. The first-order chi connectivity index (χ1) is 15.6.